The normalized spacial score (nSPS) is 26.2. The quantitative estimate of drug-likeness (QED) is 0.139. The van der Waals surface area contributed by atoms with Gasteiger partial charge in [-0.2, -0.15) is 0 Å². The van der Waals surface area contributed by atoms with E-state index in [1.54, 1.807) is 82.3 Å². The van der Waals surface area contributed by atoms with Crippen molar-refractivity contribution >= 4 is 82.5 Å². The molecule has 0 aliphatic carbocycles. The lowest BCUT2D eigenvalue weighted by Gasteiger charge is -2.37. The van der Waals surface area contributed by atoms with Crippen LogP contribution < -0.4 is 26.6 Å². The standard InChI is InChI=1S/C74H114ClF2N13O13/c1-44(2)35-53-68(98)87(15)58(39-50-25-19-17-20-26-50)67(97)82-63(49(10)91)72(102)83(11)42-61(93)85(13)57(37-46(5)6)66(96)80-54(36-45(3)4)69(99)88(16)59(40-51-27-23-28-52(75)38-51)71(101)84(12)48(9)64(94)78-55(70(100)90-32-21-18-22-33-90)41-60(92)81-62(47(7)8)73(103)86(14)56(65(95)79-53)29-34-89-31-24-30-74(76,77)43-89/h17,19-20,23,25-28,38,44-49,53-59,62-63,91H,18,21-22,24,29-37,39-43H2,1-16H3,(H,78,94)(H,79,95)(H,80,96)(H,81,92)(H,82,97)/t48-,49+,53-,54-,55-,56-,57-,58-,59-,62+,63-/m0/s1. The smallest absolute Gasteiger partial charge is 0.260 e. The minimum atomic E-state index is -3.04. The number of carbonyl (C=O) groups is 12. The number of hydrogen-bond donors (Lipinski definition) is 6. The monoisotopic (exact) mass is 1470 g/mol. The van der Waals surface area contributed by atoms with E-state index in [2.05, 4.69) is 26.6 Å². The lowest BCUT2D eigenvalue weighted by atomic mass is 9.97. The van der Waals surface area contributed by atoms with E-state index in [1.807, 2.05) is 27.7 Å². The largest absolute Gasteiger partial charge is 0.391 e. The molecule has 5 rings (SSSR count). The van der Waals surface area contributed by atoms with Gasteiger partial charge in [0.1, 0.15) is 60.4 Å². The summed E-state index contributed by atoms with van der Waals surface area (Å²) in [5, 5.41) is 25.4. The maximum absolute atomic E-state index is 15.3. The molecule has 3 aliphatic heterocycles. The molecule has 0 saturated carbocycles. The number of alkyl halides is 2. The summed E-state index contributed by atoms with van der Waals surface area (Å²) in [6.45, 7) is 16.3. The molecule has 26 nitrogen and oxygen atoms in total. The van der Waals surface area contributed by atoms with Gasteiger partial charge in [0.2, 0.25) is 70.9 Å². The summed E-state index contributed by atoms with van der Waals surface area (Å²) < 4.78 is 30.0. The van der Waals surface area contributed by atoms with E-state index in [-0.39, 0.29) is 82.2 Å². The van der Waals surface area contributed by atoms with Gasteiger partial charge in [-0.1, -0.05) is 109 Å². The molecular formula is C74H114ClF2N13O13. The number of halogens is 3. The summed E-state index contributed by atoms with van der Waals surface area (Å²) in [6.07, 6.45) is -0.857. The number of amides is 12. The van der Waals surface area contributed by atoms with Gasteiger partial charge in [0.15, 0.2) is 0 Å². The van der Waals surface area contributed by atoms with E-state index < -0.39 is 169 Å². The van der Waals surface area contributed by atoms with Gasteiger partial charge in [0.25, 0.3) is 5.92 Å². The molecule has 574 valence electrons. The van der Waals surface area contributed by atoms with Crippen molar-refractivity contribution in [3.8, 4) is 0 Å². The van der Waals surface area contributed by atoms with E-state index >= 15 is 24.0 Å². The first-order chi connectivity index (χ1) is 48.2. The summed E-state index contributed by atoms with van der Waals surface area (Å²) in [4.78, 5) is 189. The van der Waals surface area contributed by atoms with Crippen LogP contribution in [0.2, 0.25) is 5.02 Å². The predicted molar refractivity (Wildman–Crippen MR) is 386 cm³/mol. The van der Waals surface area contributed by atoms with Crippen LogP contribution in [0.5, 0.6) is 0 Å². The van der Waals surface area contributed by atoms with E-state index in [4.69, 9.17) is 11.6 Å². The SMILES string of the molecule is CC(C)C[C@@H]1NC(=O)[C@H](CCN2CCCC(F)(F)C2)N(C)C(=O)[C@@H](C(C)C)NC(=O)C[C@@H](C(=O)N2CCCCC2)NC(=O)[C@H](C)N(C)C(=O)[C@H](Cc2cccc(Cl)c2)N(C)C(=O)[C@H](CC(C)C)NC(=O)[C@H](CC(C)C)N(C)C(=O)CN(C)C(=O)[C@H]([C@@H](C)O)NC(=O)[C@H](Cc2ccccc2)N(C)C1=O. The average Bonchev–Trinajstić information content (AvgIpc) is 0.823. The fraction of sp³-hybridized carbons (Fsp3) is 0.676. The van der Waals surface area contributed by atoms with Gasteiger partial charge in [0.05, 0.1) is 25.6 Å². The number of piperidine rings is 2. The Morgan fingerprint density at radius 1 is 0.553 bits per heavy atom. The van der Waals surface area contributed by atoms with E-state index in [1.165, 1.54) is 70.8 Å². The number of aliphatic hydroxyl groups is 1. The molecule has 0 aromatic heterocycles. The second-order valence-corrected chi connectivity index (χ2v) is 30.4. The van der Waals surface area contributed by atoms with Gasteiger partial charge < -0.3 is 66.0 Å². The van der Waals surface area contributed by atoms with E-state index in [0.29, 0.717) is 42.1 Å². The number of hydrogen-bond acceptors (Lipinski definition) is 14. The topological polar surface area (TPSA) is 311 Å². The van der Waals surface area contributed by atoms with Crippen molar-refractivity contribution in [2.24, 2.45) is 23.7 Å². The third kappa shape index (κ3) is 24.9. The Labute approximate surface area is 611 Å². The van der Waals surface area contributed by atoms with Crippen molar-refractivity contribution in [1.82, 2.24) is 65.8 Å². The van der Waals surface area contributed by atoms with Crippen molar-refractivity contribution in [3.05, 3.63) is 70.7 Å². The van der Waals surface area contributed by atoms with Crippen LogP contribution in [0.25, 0.3) is 0 Å². The van der Waals surface area contributed by atoms with Crippen LogP contribution in [0.3, 0.4) is 0 Å². The van der Waals surface area contributed by atoms with Crippen LogP contribution in [-0.2, 0) is 70.4 Å². The molecule has 0 unspecified atom stereocenters. The number of benzene rings is 2. The zero-order chi connectivity index (χ0) is 77.1. The summed E-state index contributed by atoms with van der Waals surface area (Å²) in [5.41, 5.74) is 1.09. The fourth-order valence-electron chi connectivity index (χ4n) is 13.3. The first-order valence-corrected chi connectivity index (χ1v) is 36.5. The molecule has 0 spiro atoms. The zero-order valence-electron chi connectivity index (χ0n) is 63.1. The fourth-order valence-corrected chi connectivity index (χ4v) is 13.6. The summed E-state index contributed by atoms with van der Waals surface area (Å²) in [7, 11) is 8.01. The minimum absolute atomic E-state index is 0.0263. The molecule has 2 aromatic carbocycles. The Morgan fingerprint density at radius 3 is 1.63 bits per heavy atom. The second-order valence-electron chi connectivity index (χ2n) is 30.0. The van der Waals surface area contributed by atoms with E-state index in [0.717, 1.165) is 30.9 Å². The Morgan fingerprint density at radius 2 is 1.09 bits per heavy atom. The van der Waals surface area contributed by atoms with Crippen molar-refractivity contribution < 1.29 is 71.4 Å². The molecular weight excluding hydrogens is 1350 g/mol. The molecule has 0 bridgehead atoms. The van der Waals surface area contributed by atoms with Crippen molar-refractivity contribution in [2.45, 2.75) is 219 Å². The number of likely N-dealkylation sites (tertiary alicyclic amines) is 2. The molecule has 29 heteroatoms. The number of likely N-dealkylation sites (N-methyl/N-ethyl adjacent to an activating group) is 6. The third-order valence-electron chi connectivity index (χ3n) is 19.6. The zero-order valence-corrected chi connectivity index (χ0v) is 63.9. The number of carbonyl (C=O) groups excluding carboxylic acids is 12. The average molecular weight is 1470 g/mol. The van der Waals surface area contributed by atoms with Crippen LogP contribution in [0.15, 0.2) is 54.6 Å². The van der Waals surface area contributed by atoms with Crippen molar-refractivity contribution in [1.29, 1.82) is 0 Å². The van der Waals surface area contributed by atoms with E-state index in [9.17, 15) is 47.4 Å². The first-order valence-electron chi connectivity index (χ1n) is 36.2. The maximum atomic E-state index is 15.3. The summed E-state index contributed by atoms with van der Waals surface area (Å²) in [6, 6.07) is 0.834. The predicted octanol–water partition coefficient (Wildman–Crippen LogP) is 3.88. The van der Waals surface area contributed by atoms with Gasteiger partial charge in [-0.25, -0.2) is 8.78 Å². The molecule has 3 heterocycles. The summed E-state index contributed by atoms with van der Waals surface area (Å²) in [5.74, 6) is -14.1. The van der Waals surface area contributed by atoms with Crippen molar-refractivity contribution in [3.63, 3.8) is 0 Å². The molecule has 12 amide bonds. The minimum Gasteiger partial charge on any atom is -0.391 e. The molecule has 11 atom stereocenters. The number of nitrogens with zero attached hydrogens (tertiary/aromatic N) is 8. The highest BCUT2D eigenvalue weighted by atomic mass is 35.5. The Hall–Kier alpha value is -7.85. The van der Waals surface area contributed by atoms with Crippen LogP contribution in [0.1, 0.15) is 145 Å². The van der Waals surface area contributed by atoms with Crippen LogP contribution >= 0.6 is 11.6 Å². The van der Waals surface area contributed by atoms with Gasteiger partial charge in [-0.3, -0.25) is 62.4 Å². The van der Waals surface area contributed by atoms with Gasteiger partial charge >= 0.3 is 0 Å². The molecule has 3 fully saturated rings. The molecule has 2 aromatic rings. The van der Waals surface area contributed by atoms with Gasteiger partial charge in [-0.15, -0.1) is 0 Å². The van der Waals surface area contributed by atoms with Gasteiger partial charge in [0, 0.05) is 86.2 Å². The lowest BCUT2D eigenvalue weighted by molar-refractivity contribution is -0.150. The molecule has 3 aliphatic rings. The van der Waals surface area contributed by atoms with Crippen LogP contribution in [0.4, 0.5) is 8.78 Å². The van der Waals surface area contributed by atoms with Gasteiger partial charge in [-0.05, 0) is 119 Å². The highest BCUT2D eigenvalue weighted by Crippen LogP contribution is 2.28. The first kappa shape index (κ1) is 85.8. The van der Waals surface area contributed by atoms with Crippen LogP contribution in [0, 0.1) is 23.7 Å². The Bertz CT molecular complexity index is 3270. The molecule has 6 N–H and O–H groups in total. The highest BCUT2D eigenvalue weighted by molar-refractivity contribution is 6.30. The van der Waals surface area contributed by atoms with Crippen LogP contribution in [-0.4, -0.2) is 269 Å². The Kier molecular flexibility index (Phi) is 32.7. The second kappa shape index (κ2) is 39.3. The molecule has 103 heavy (non-hydrogen) atoms. The molecule has 0 radical (unpaired) electrons. The molecule has 3 saturated heterocycles. The number of rotatable bonds is 16. The van der Waals surface area contributed by atoms with Crippen molar-refractivity contribution in [2.75, 3.05) is 81.6 Å². The maximum Gasteiger partial charge on any atom is 0.260 e. The third-order valence-corrected chi connectivity index (χ3v) is 19.9. The number of nitrogens with one attached hydrogen (secondary N) is 5. The lowest BCUT2D eigenvalue weighted by Crippen LogP contribution is -2.62. The summed E-state index contributed by atoms with van der Waals surface area (Å²) >= 11 is 6.47. The Balaban J connectivity index is 1.68. The highest BCUT2D eigenvalue weighted by Gasteiger charge is 2.44. The number of aliphatic hydroxyl groups excluding tert-OH is 1.